The Bertz CT molecular complexity index is 983. The number of phenolic OH excluding ortho intramolecular Hbond substituents is 1. The van der Waals surface area contributed by atoms with E-state index in [1.54, 1.807) is 6.92 Å². The molecule has 2 atom stereocenters. The first-order chi connectivity index (χ1) is 16.0. The molecule has 1 aromatic rings. The van der Waals surface area contributed by atoms with Crippen LogP contribution in [0.15, 0.2) is 6.07 Å². The van der Waals surface area contributed by atoms with Gasteiger partial charge in [0, 0.05) is 42.2 Å². The lowest BCUT2D eigenvalue weighted by Crippen LogP contribution is -2.56. The van der Waals surface area contributed by atoms with Gasteiger partial charge in [0.1, 0.15) is 30.2 Å². The Morgan fingerprint density at radius 1 is 1.32 bits per heavy atom. The molecule has 2 rings (SSSR count). The lowest BCUT2D eigenvalue weighted by atomic mass is 10.0. The number of hydrogen-bond donors (Lipinski definition) is 5. The summed E-state index contributed by atoms with van der Waals surface area (Å²) >= 11 is 1.15. The summed E-state index contributed by atoms with van der Waals surface area (Å²) in [4.78, 5) is 60.6. The first-order valence-electron chi connectivity index (χ1n) is 10.3. The van der Waals surface area contributed by atoms with Gasteiger partial charge in [-0.15, -0.1) is 0 Å². The van der Waals surface area contributed by atoms with Crippen LogP contribution in [-0.2, 0) is 29.7 Å². The third kappa shape index (κ3) is 7.01. The van der Waals surface area contributed by atoms with E-state index in [2.05, 4.69) is 16.0 Å². The van der Waals surface area contributed by atoms with Gasteiger partial charge in [-0.1, -0.05) is 0 Å². The summed E-state index contributed by atoms with van der Waals surface area (Å²) in [7, 11) is 1.38. The first-order valence-corrected chi connectivity index (χ1v) is 11.4. The predicted molar refractivity (Wildman–Crippen MR) is 121 cm³/mol. The van der Waals surface area contributed by atoms with Gasteiger partial charge >= 0.3 is 11.9 Å². The fourth-order valence-corrected chi connectivity index (χ4v) is 4.33. The van der Waals surface area contributed by atoms with E-state index in [0.29, 0.717) is 5.56 Å². The second kappa shape index (κ2) is 12.1. The number of rotatable bonds is 6. The lowest BCUT2D eigenvalue weighted by molar-refractivity contribution is -0.137. The van der Waals surface area contributed by atoms with E-state index in [1.807, 2.05) is 0 Å². The first kappa shape index (κ1) is 26.8. The van der Waals surface area contributed by atoms with E-state index in [-0.39, 0.29) is 47.1 Å². The minimum atomic E-state index is -1.29. The van der Waals surface area contributed by atoms with Crippen molar-refractivity contribution in [2.45, 2.75) is 38.1 Å². The third-order valence-electron chi connectivity index (χ3n) is 4.92. The number of fused-ring (bicyclic) bond motifs is 1. The summed E-state index contributed by atoms with van der Waals surface area (Å²) < 4.78 is 10.5. The number of amides is 3. The minimum Gasteiger partial charge on any atom is -0.507 e. The molecular formula is C21H27N3O9S. The highest BCUT2D eigenvalue weighted by molar-refractivity contribution is 7.98. The Hall–Kier alpha value is -3.48. The zero-order chi connectivity index (χ0) is 25.4. The number of aromatic hydroxyl groups is 1. The van der Waals surface area contributed by atoms with Gasteiger partial charge in [0.15, 0.2) is 0 Å². The van der Waals surface area contributed by atoms with Crippen molar-refractivity contribution in [2.75, 3.05) is 26.0 Å². The fraction of sp³-hybridized carbons (Fsp3) is 0.476. The molecule has 1 aromatic carbocycles. The van der Waals surface area contributed by atoms with Crippen molar-refractivity contribution >= 4 is 41.4 Å². The molecule has 0 fully saturated rings. The number of benzene rings is 1. The Labute approximate surface area is 199 Å². The van der Waals surface area contributed by atoms with E-state index in [4.69, 9.17) is 14.6 Å². The molecule has 0 bridgehead atoms. The molecule has 5 N–H and O–H groups in total. The van der Waals surface area contributed by atoms with Crippen molar-refractivity contribution in [3.8, 4) is 11.5 Å². The standard InChI is InChI=1S/C21H27N3O9S/c1-10-16(32-3)6-15(26)12-8-34-9-14(19(29)22-5-4-17(27)28)24-20(30)13(23-11(2)25)7-33-21(31)18(10)12/h6,13-14,26H,4-5,7-9H2,1-3H3,(H,22,29)(H,23,25)(H,24,30)(H,27,28)/t13-,14-/m0/s1. The predicted octanol–water partition coefficient (Wildman–Crippen LogP) is -0.307. The monoisotopic (exact) mass is 497 g/mol. The second-order valence-corrected chi connectivity index (χ2v) is 8.47. The molecule has 0 unspecified atom stereocenters. The number of nitrogens with one attached hydrogen (secondary N) is 3. The average Bonchev–Trinajstić information content (AvgIpc) is 2.76. The fourth-order valence-electron chi connectivity index (χ4n) is 3.24. The molecule has 1 aliphatic heterocycles. The number of carboxylic acid groups (broad SMARTS) is 1. The number of ether oxygens (including phenoxy) is 2. The molecule has 13 heteroatoms. The summed E-state index contributed by atoms with van der Waals surface area (Å²) in [6.45, 7) is 2.13. The van der Waals surface area contributed by atoms with Crippen LogP contribution in [0.3, 0.4) is 0 Å². The molecule has 0 aliphatic carbocycles. The SMILES string of the molecule is COc1cc(O)c2c(c1C)C(=O)OC[C@H](NC(C)=O)C(=O)N[C@H](C(=O)NCCC(=O)O)CSC2. The van der Waals surface area contributed by atoms with Crippen LogP contribution in [0.1, 0.15) is 34.8 Å². The maximum atomic E-state index is 12.9. The second-order valence-electron chi connectivity index (χ2n) is 7.44. The third-order valence-corrected chi connectivity index (χ3v) is 5.99. The van der Waals surface area contributed by atoms with E-state index in [0.717, 1.165) is 11.8 Å². The number of carboxylic acids is 1. The zero-order valence-electron chi connectivity index (χ0n) is 18.9. The van der Waals surface area contributed by atoms with Gasteiger partial charge in [0.2, 0.25) is 17.7 Å². The summed E-state index contributed by atoms with van der Waals surface area (Å²) in [6, 6.07) is -1.00. The average molecular weight is 498 g/mol. The van der Waals surface area contributed by atoms with Gasteiger partial charge in [0.25, 0.3) is 0 Å². The molecule has 0 aromatic heterocycles. The molecule has 1 heterocycles. The number of thioether (sulfide) groups is 1. The molecular weight excluding hydrogens is 470 g/mol. The van der Waals surface area contributed by atoms with Gasteiger partial charge in [0.05, 0.1) is 19.1 Å². The molecule has 34 heavy (non-hydrogen) atoms. The number of methoxy groups -OCH3 is 1. The largest absolute Gasteiger partial charge is 0.507 e. The van der Waals surface area contributed by atoms with Crippen molar-refractivity contribution in [2.24, 2.45) is 0 Å². The molecule has 0 saturated carbocycles. The number of aliphatic carboxylic acids is 1. The summed E-state index contributed by atoms with van der Waals surface area (Å²) in [6.07, 6.45) is -0.299. The normalized spacial score (nSPS) is 18.8. The summed E-state index contributed by atoms with van der Waals surface area (Å²) in [5.74, 6) is -3.64. The molecule has 186 valence electrons. The van der Waals surface area contributed by atoms with Crippen LogP contribution in [0.2, 0.25) is 0 Å². The lowest BCUT2D eigenvalue weighted by Gasteiger charge is -2.24. The number of esters is 1. The van der Waals surface area contributed by atoms with Crippen LogP contribution in [0.4, 0.5) is 0 Å². The van der Waals surface area contributed by atoms with Crippen molar-refractivity contribution in [3.63, 3.8) is 0 Å². The van der Waals surface area contributed by atoms with Crippen molar-refractivity contribution in [3.05, 3.63) is 22.8 Å². The van der Waals surface area contributed by atoms with Crippen molar-refractivity contribution in [1.82, 2.24) is 16.0 Å². The van der Waals surface area contributed by atoms with Gasteiger partial charge in [-0.25, -0.2) is 4.79 Å². The van der Waals surface area contributed by atoms with Crippen molar-refractivity contribution < 1.29 is 43.7 Å². The smallest absolute Gasteiger partial charge is 0.339 e. The number of phenols is 1. The van der Waals surface area contributed by atoms with Crippen LogP contribution in [0.25, 0.3) is 0 Å². The van der Waals surface area contributed by atoms with Crippen LogP contribution >= 0.6 is 11.8 Å². The van der Waals surface area contributed by atoms with Gasteiger partial charge in [-0.05, 0) is 6.92 Å². The zero-order valence-corrected chi connectivity index (χ0v) is 19.7. The van der Waals surface area contributed by atoms with Gasteiger partial charge in [-0.2, -0.15) is 11.8 Å². The summed E-state index contributed by atoms with van der Waals surface area (Å²) in [5, 5.41) is 26.6. The van der Waals surface area contributed by atoms with Crippen LogP contribution in [0.5, 0.6) is 11.5 Å². The van der Waals surface area contributed by atoms with Crippen LogP contribution < -0.4 is 20.7 Å². The summed E-state index contributed by atoms with van der Waals surface area (Å²) in [5.41, 5.74) is 0.747. The highest BCUT2D eigenvalue weighted by atomic mass is 32.2. The number of hydrogen-bond acceptors (Lipinski definition) is 9. The maximum Gasteiger partial charge on any atom is 0.339 e. The molecule has 0 saturated heterocycles. The van der Waals surface area contributed by atoms with Crippen molar-refractivity contribution in [1.29, 1.82) is 0 Å². The topological polar surface area (TPSA) is 180 Å². The molecule has 0 spiro atoms. The Kier molecular flexibility index (Phi) is 9.54. The highest BCUT2D eigenvalue weighted by Crippen LogP contribution is 2.35. The molecule has 12 nitrogen and oxygen atoms in total. The minimum absolute atomic E-state index is 0.0381. The van der Waals surface area contributed by atoms with Gasteiger partial charge in [-0.3, -0.25) is 19.2 Å². The van der Waals surface area contributed by atoms with E-state index in [9.17, 15) is 29.1 Å². The molecule has 3 amide bonds. The highest BCUT2D eigenvalue weighted by Gasteiger charge is 2.30. The molecule has 1 aliphatic rings. The Morgan fingerprint density at radius 2 is 2.03 bits per heavy atom. The molecule has 0 radical (unpaired) electrons. The van der Waals surface area contributed by atoms with Gasteiger partial charge < -0.3 is 35.6 Å². The van der Waals surface area contributed by atoms with E-state index in [1.165, 1.54) is 20.1 Å². The maximum absolute atomic E-state index is 12.9. The number of cyclic esters (lactones) is 1. The Morgan fingerprint density at radius 3 is 2.65 bits per heavy atom. The quantitative estimate of drug-likeness (QED) is 0.327. The van der Waals surface area contributed by atoms with E-state index < -0.39 is 48.4 Å². The van der Waals surface area contributed by atoms with E-state index >= 15 is 0 Å². The number of carbonyl (C=O) groups excluding carboxylic acids is 4. The van der Waals surface area contributed by atoms with Crippen LogP contribution in [0, 0.1) is 6.92 Å². The van der Waals surface area contributed by atoms with Crippen LogP contribution in [-0.4, -0.2) is 78.0 Å². The number of carbonyl (C=O) groups is 5. The Balaban J connectivity index is 2.40.